The third kappa shape index (κ3) is 3.74. The number of para-hydroxylation sites is 1. The average Bonchev–Trinajstić information content (AvgIpc) is 3.22. The van der Waals surface area contributed by atoms with Crippen LogP contribution in [-0.4, -0.2) is 26.4 Å². The van der Waals surface area contributed by atoms with Gasteiger partial charge in [0.1, 0.15) is 6.33 Å². The Morgan fingerprint density at radius 3 is 2.71 bits per heavy atom. The maximum Gasteiger partial charge on any atom is 0.353 e. The summed E-state index contributed by atoms with van der Waals surface area (Å²) in [5.74, 6) is 0.309. The molecular weight excluding hydrogens is 376 g/mol. The van der Waals surface area contributed by atoms with Gasteiger partial charge in [-0.15, -0.1) is 11.3 Å². The van der Waals surface area contributed by atoms with Crippen molar-refractivity contribution in [2.24, 2.45) is 0 Å². The van der Waals surface area contributed by atoms with E-state index in [9.17, 15) is 10.1 Å². The van der Waals surface area contributed by atoms with Gasteiger partial charge in [-0.05, 0) is 30.0 Å². The summed E-state index contributed by atoms with van der Waals surface area (Å²) >= 11 is 1.65. The zero-order chi connectivity index (χ0) is 19.3. The number of rotatable bonds is 7. The first kappa shape index (κ1) is 17.8. The van der Waals surface area contributed by atoms with E-state index in [2.05, 4.69) is 25.6 Å². The third-order valence-corrected chi connectivity index (χ3v) is 5.07. The Bertz CT molecular complexity index is 1110. The molecule has 0 aliphatic heterocycles. The second-order valence-corrected chi connectivity index (χ2v) is 6.97. The predicted octanol–water partition coefficient (Wildman–Crippen LogP) is 4.39. The lowest BCUT2D eigenvalue weighted by Gasteiger charge is -2.11. The van der Waals surface area contributed by atoms with Gasteiger partial charge in [0, 0.05) is 23.0 Å². The Morgan fingerprint density at radius 2 is 1.89 bits per heavy atom. The molecule has 0 atom stereocenters. The van der Waals surface area contributed by atoms with E-state index >= 15 is 0 Å². The molecule has 0 saturated heterocycles. The van der Waals surface area contributed by atoms with E-state index in [-0.39, 0.29) is 17.3 Å². The summed E-state index contributed by atoms with van der Waals surface area (Å²) in [6.45, 7) is 0.535. The molecule has 0 spiro atoms. The second-order valence-electron chi connectivity index (χ2n) is 5.94. The van der Waals surface area contributed by atoms with Crippen molar-refractivity contribution in [3.05, 3.63) is 75.4 Å². The number of hydrogen-bond acceptors (Lipinski definition) is 8. The number of fused-ring (bicyclic) bond motifs is 1. The molecule has 0 saturated carbocycles. The number of nitrogens with one attached hydrogen (secondary N) is 2. The van der Waals surface area contributed by atoms with E-state index in [0.29, 0.717) is 17.7 Å². The van der Waals surface area contributed by atoms with Gasteiger partial charge in [0.05, 0.1) is 16.1 Å². The number of pyridine rings is 1. The van der Waals surface area contributed by atoms with Gasteiger partial charge in [0.2, 0.25) is 11.6 Å². The highest BCUT2D eigenvalue weighted by atomic mass is 32.1. The number of anilines is 3. The minimum atomic E-state index is -0.478. The lowest BCUT2D eigenvalue weighted by molar-refractivity contribution is -0.383. The summed E-state index contributed by atoms with van der Waals surface area (Å²) < 4.78 is 0. The molecular formula is C19H16N6O2S. The van der Waals surface area contributed by atoms with Crippen LogP contribution >= 0.6 is 11.3 Å². The molecule has 4 aromatic rings. The molecule has 4 rings (SSSR count). The van der Waals surface area contributed by atoms with E-state index in [1.165, 1.54) is 11.2 Å². The topological polar surface area (TPSA) is 106 Å². The first-order chi connectivity index (χ1) is 13.7. The van der Waals surface area contributed by atoms with E-state index in [4.69, 9.17) is 0 Å². The predicted molar refractivity (Wildman–Crippen MR) is 110 cm³/mol. The standard InChI is InChI=1S/C19H16N6O2S/c26-25(27)17-18(21-10-8-14-6-3-11-28-14)22-12-23-19(17)24-15-7-1-4-13-5-2-9-20-16(13)15/h1-7,9,11-12H,8,10H2,(H2,21,22,23,24). The maximum absolute atomic E-state index is 11.7. The molecule has 0 fully saturated rings. The SMILES string of the molecule is O=[N+]([O-])c1c(NCCc2cccs2)ncnc1Nc1cccc2cccnc12. The maximum atomic E-state index is 11.7. The van der Waals surface area contributed by atoms with Crippen molar-refractivity contribution in [1.29, 1.82) is 0 Å². The highest BCUT2D eigenvalue weighted by Crippen LogP contribution is 2.32. The Balaban J connectivity index is 1.62. The zero-order valence-electron chi connectivity index (χ0n) is 14.7. The third-order valence-electron chi connectivity index (χ3n) is 4.13. The summed E-state index contributed by atoms with van der Waals surface area (Å²) in [6.07, 6.45) is 3.75. The molecule has 1 aromatic carbocycles. The number of hydrogen-bond donors (Lipinski definition) is 2. The smallest absolute Gasteiger partial charge is 0.353 e. The molecule has 0 amide bonds. The summed E-state index contributed by atoms with van der Waals surface area (Å²) in [7, 11) is 0. The van der Waals surface area contributed by atoms with Gasteiger partial charge in [-0.1, -0.05) is 24.3 Å². The molecule has 3 heterocycles. The highest BCUT2D eigenvalue weighted by molar-refractivity contribution is 7.09. The fraction of sp³-hybridized carbons (Fsp3) is 0.105. The quantitative estimate of drug-likeness (QED) is 0.355. The number of nitrogens with zero attached hydrogens (tertiary/aromatic N) is 4. The minimum Gasteiger partial charge on any atom is -0.364 e. The molecule has 0 unspecified atom stereocenters. The molecule has 140 valence electrons. The van der Waals surface area contributed by atoms with Crippen LogP contribution in [0.4, 0.5) is 23.0 Å². The second kappa shape index (κ2) is 7.97. The molecule has 3 aromatic heterocycles. The van der Waals surface area contributed by atoms with Crippen molar-refractivity contribution in [1.82, 2.24) is 15.0 Å². The zero-order valence-corrected chi connectivity index (χ0v) is 15.5. The van der Waals surface area contributed by atoms with Gasteiger partial charge in [0.25, 0.3) is 0 Å². The van der Waals surface area contributed by atoms with Crippen LogP contribution in [0.3, 0.4) is 0 Å². The summed E-state index contributed by atoms with van der Waals surface area (Å²) in [5.41, 5.74) is 1.16. The number of benzene rings is 1. The first-order valence-corrected chi connectivity index (χ1v) is 9.47. The molecule has 0 bridgehead atoms. The Labute approximate surface area is 164 Å². The summed E-state index contributed by atoms with van der Waals surface area (Å²) in [4.78, 5) is 25.0. The fourth-order valence-corrected chi connectivity index (χ4v) is 3.57. The van der Waals surface area contributed by atoms with E-state index in [1.807, 2.05) is 47.8 Å². The number of thiophene rings is 1. The van der Waals surface area contributed by atoms with E-state index < -0.39 is 4.92 Å². The highest BCUT2D eigenvalue weighted by Gasteiger charge is 2.23. The lowest BCUT2D eigenvalue weighted by Crippen LogP contribution is -2.10. The van der Waals surface area contributed by atoms with Crippen LogP contribution in [0.25, 0.3) is 10.9 Å². The van der Waals surface area contributed by atoms with Crippen LogP contribution in [0.1, 0.15) is 4.88 Å². The van der Waals surface area contributed by atoms with Crippen LogP contribution in [0.5, 0.6) is 0 Å². The van der Waals surface area contributed by atoms with Gasteiger partial charge in [0.15, 0.2) is 0 Å². The van der Waals surface area contributed by atoms with Crippen molar-refractivity contribution < 1.29 is 4.92 Å². The van der Waals surface area contributed by atoms with Crippen molar-refractivity contribution in [2.75, 3.05) is 17.2 Å². The molecule has 0 radical (unpaired) electrons. The van der Waals surface area contributed by atoms with Crippen molar-refractivity contribution in [3.63, 3.8) is 0 Å². The fourth-order valence-electron chi connectivity index (χ4n) is 2.86. The monoisotopic (exact) mass is 392 g/mol. The molecule has 0 aliphatic rings. The van der Waals surface area contributed by atoms with E-state index in [1.54, 1.807) is 17.5 Å². The largest absolute Gasteiger partial charge is 0.364 e. The van der Waals surface area contributed by atoms with Gasteiger partial charge in [-0.2, -0.15) is 0 Å². The molecule has 9 heteroatoms. The van der Waals surface area contributed by atoms with Crippen LogP contribution in [-0.2, 0) is 6.42 Å². The van der Waals surface area contributed by atoms with Crippen LogP contribution in [0.15, 0.2) is 60.4 Å². The molecule has 8 nitrogen and oxygen atoms in total. The summed E-state index contributed by atoms with van der Waals surface area (Å²) in [6, 6.07) is 13.4. The van der Waals surface area contributed by atoms with E-state index in [0.717, 1.165) is 11.8 Å². The van der Waals surface area contributed by atoms with Gasteiger partial charge >= 0.3 is 5.69 Å². The van der Waals surface area contributed by atoms with Gasteiger partial charge in [-0.25, -0.2) is 9.97 Å². The molecule has 28 heavy (non-hydrogen) atoms. The summed E-state index contributed by atoms with van der Waals surface area (Å²) in [5, 5.41) is 20.8. The number of aromatic nitrogens is 3. The minimum absolute atomic E-state index is 0.122. The van der Waals surface area contributed by atoms with Crippen molar-refractivity contribution in [2.45, 2.75) is 6.42 Å². The number of nitro groups is 1. The van der Waals surface area contributed by atoms with Gasteiger partial charge < -0.3 is 10.6 Å². The Hall–Kier alpha value is -3.59. The Kier molecular flexibility index (Phi) is 5.07. The Morgan fingerprint density at radius 1 is 1.04 bits per heavy atom. The lowest BCUT2D eigenvalue weighted by atomic mass is 10.2. The van der Waals surface area contributed by atoms with Crippen LogP contribution < -0.4 is 10.6 Å². The van der Waals surface area contributed by atoms with Crippen molar-refractivity contribution >= 4 is 45.3 Å². The van der Waals surface area contributed by atoms with Gasteiger partial charge in [-0.3, -0.25) is 15.1 Å². The molecule has 2 N–H and O–H groups in total. The van der Waals surface area contributed by atoms with Crippen LogP contribution in [0, 0.1) is 10.1 Å². The molecule has 0 aliphatic carbocycles. The van der Waals surface area contributed by atoms with Crippen LogP contribution in [0.2, 0.25) is 0 Å². The average molecular weight is 392 g/mol. The first-order valence-electron chi connectivity index (χ1n) is 8.59. The normalized spacial score (nSPS) is 10.7. The van der Waals surface area contributed by atoms with Crippen molar-refractivity contribution in [3.8, 4) is 0 Å².